The van der Waals surface area contributed by atoms with Gasteiger partial charge < -0.3 is 9.47 Å². The van der Waals surface area contributed by atoms with Gasteiger partial charge in [0.05, 0.1) is 16.9 Å². The molecule has 0 N–H and O–H groups in total. The van der Waals surface area contributed by atoms with E-state index in [0.717, 1.165) is 45.7 Å². The fraction of sp³-hybridized carbons (Fsp3) is 0.467. The zero-order valence-electron chi connectivity index (χ0n) is 32.1. The molecule has 1 aromatic heterocycles. The molecule has 5 heteroatoms. The average molecular weight is 670 g/mol. The molecule has 50 heavy (non-hydrogen) atoms. The maximum absolute atomic E-state index is 6.94. The summed E-state index contributed by atoms with van der Waals surface area (Å²) in [4.78, 5) is 12.6. The first-order valence-corrected chi connectivity index (χ1v) is 18.5. The van der Waals surface area contributed by atoms with E-state index < -0.39 is 0 Å². The van der Waals surface area contributed by atoms with Crippen LogP contribution in [0.4, 0.5) is 17.2 Å². The minimum atomic E-state index is -0.221. The fourth-order valence-corrected chi connectivity index (χ4v) is 8.10. The van der Waals surface area contributed by atoms with Gasteiger partial charge in [-0.25, -0.2) is 9.98 Å². The van der Waals surface area contributed by atoms with E-state index in [0.29, 0.717) is 12.5 Å². The molecule has 0 unspecified atom stereocenters. The third kappa shape index (κ3) is 6.11. The van der Waals surface area contributed by atoms with Crippen molar-refractivity contribution in [2.45, 2.75) is 124 Å². The molecule has 1 atom stereocenters. The van der Waals surface area contributed by atoms with E-state index in [9.17, 15) is 0 Å². The Hall–Kier alpha value is -4.12. The van der Waals surface area contributed by atoms with Gasteiger partial charge in [-0.3, -0.25) is 4.90 Å². The van der Waals surface area contributed by atoms with Crippen molar-refractivity contribution in [1.29, 1.82) is 0 Å². The van der Waals surface area contributed by atoms with Crippen LogP contribution in [0.1, 0.15) is 127 Å². The van der Waals surface area contributed by atoms with Crippen LogP contribution in [-0.4, -0.2) is 23.0 Å². The summed E-state index contributed by atoms with van der Waals surface area (Å²) >= 11 is 0. The molecular formula is C45H55N3O2. The highest BCUT2D eigenvalue weighted by molar-refractivity contribution is 5.96. The molecule has 3 heterocycles. The number of ether oxygens (including phenoxy) is 2. The first kappa shape index (κ1) is 34.3. The van der Waals surface area contributed by atoms with E-state index in [1.165, 1.54) is 53.5 Å². The number of benzene rings is 3. The highest BCUT2D eigenvalue weighted by Gasteiger charge is 2.42. The van der Waals surface area contributed by atoms with E-state index in [2.05, 4.69) is 142 Å². The minimum Gasteiger partial charge on any atom is -0.475 e. The van der Waals surface area contributed by atoms with Gasteiger partial charge in [-0.1, -0.05) is 85.9 Å². The molecule has 0 spiro atoms. The van der Waals surface area contributed by atoms with Gasteiger partial charge in [-0.15, -0.1) is 0 Å². The number of pyridine rings is 1. The largest absolute Gasteiger partial charge is 0.475 e. The summed E-state index contributed by atoms with van der Waals surface area (Å²) in [6.45, 7) is 25.4. The number of anilines is 3. The highest BCUT2D eigenvalue weighted by atomic mass is 16.5. The molecule has 3 aromatic carbocycles. The van der Waals surface area contributed by atoms with Gasteiger partial charge in [0.25, 0.3) is 0 Å². The maximum atomic E-state index is 6.94. The normalized spacial score (nSPS) is 20.3. The predicted octanol–water partition coefficient (Wildman–Crippen LogP) is 11.9. The number of rotatable bonds is 5. The second-order valence-corrected chi connectivity index (χ2v) is 17.9. The number of aryl methyl sites for hydroxylation is 2. The summed E-state index contributed by atoms with van der Waals surface area (Å²) in [5.74, 6) is 3.85. The number of fused-ring (bicyclic) bond motifs is 2. The molecule has 1 saturated carbocycles. The van der Waals surface area contributed by atoms with Crippen molar-refractivity contribution in [3.63, 3.8) is 0 Å². The molecule has 262 valence electrons. The number of aliphatic imine (C=N–C) groups is 1. The third-order valence-electron chi connectivity index (χ3n) is 11.5. The summed E-state index contributed by atoms with van der Waals surface area (Å²) < 4.78 is 13.3. The summed E-state index contributed by atoms with van der Waals surface area (Å²) in [6, 6.07) is 22.3. The van der Waals surface area contributed by atoms with Crippen molar-refractivity contribution in [2.24, 2.45) is 10.9 Å². The lowest BCUT2D eigenvalue weighted by Gasteiger charge is -2.42. The summed E-state index contributed by atoms with van der Waals surface area (Å²) in [7, 11) is 0. The Labute approximate surface area is 300 Å². The van der Waals surface area contributed by atoms with E-state index in [1.54, 1.807) is 0 Å². The van der Waals surface area contributed by atoms with Crippen LogP contribution >= 0.6 is 0 Å². The second-order valence-electron chi connectivity index (χ2n) is 17.9. The first-order chi connectivity index (χ1) is 23.4. The molecule has 0 bridgehead atoms. The van der Waals surface area contributed by atoms with Crippen LogP contribution in [0, 0.1) is 19.8 Å². The van der Waals surface area contributed by atoms with Gasteiger partial charge in [-0.05, 0) is 121 Å². The monoisotopic (exact) mass is 669 g/mol. The van der Waals surface area contributed by atoms with Crippen molar-refractivity contribution in [3.8, 4) is 11.5 Å². The SMILES string of the molecule is Cc1ccc2c(c1)C(C)(C)c1cc(C)c(Oc3cc(C4=N[C@](C)(C5CCCC5)CO4)cc(C(C)(C)C)c3)cc1N2c1cc(C(C)(C)C)ccn1. The molecule has 0 amide bonds. The predicted molar refractivity (Wildman–Crippen MR) is 207 cm³/mol. The van der Waals surface area contributed by atoms with E-state index in [4.69, 9.17) is 19.5 Å². The fourth-order valence-electron chi connectivity index (χ4n) is 8.10. The molecular weight excluding hydrogens is 615 g/mol. The smallest absolute Gasteiger partial charge is 0.216 e. The molecule has 3 aliphatic rings. The van der Waals surface area contributed by atoms with Crippen LogP contribution in [0.25, 0.3) is 0 Å². The molecule has 2 aliphatic heterocycles. The van der Waals surface area contributed by atoms with Crippen LogP contribution in [0.15, 0.2) is 71.9 Å². The van der Waals surface area contributed by atoms with E-state index >= 15 is 0 Å². The third-order valence-corrected chi connectivity index (χ3v) is 11.5. The maximum Gasteiger partial charge on any atom is 0.216 e. The van der Waals surface area contributed by atoms with Gasteiger partial charge in [-0.2, -0.15) is 0 Å². The molecule has 0 saturated heterocycles. The number of aromatic nitrogens is 1. The average Bonchev–Trinajstić information content (AvgIpc) is 3.73. The Morgan fingerprint density at radius 1 is 0.780 bits per heavy atom. The molecule has 5 nitrogen and oxygen atoms in total. The van der Waals surface area contributed by atoms with Crippen molar-refractivity contribution >= 4 is 23.1 Å². The first-order valence-electron chi connectivity index (χ1n) is 18.5. The van der Waals surface area contributed by atoms with Crippen LogP contribution < -0.4 is 9.64 Å². The van der Waals surface area contributed by atoms with Gasteiger partial charge in [0.1, 0.15) is 23.9 Å². The Balaban J connectivity index is 1.35. The Morgan fingerprint density at radius 3 is 2.18 bits per heavy atom. The molecule has 4 aromatic rings. The minimum absolute atomic E-state index is 0.00905. The lowest BCUT2D eigenvalue weighted by atomic mass is 9.72. The van der Waals surface area contributed by atoms with Gasteiger partial charge >= 0.3 is 0 Å². The van der Waals surface area contributed by atoms with Crippen molar-refractivity contribution in [3.05, 3.63) is 106 Å². The zero-order chi connectivity index (χ0) is 35.8. The lowest BCUT2D eigenvalue weighted by Crippen LogP contribution is -2.32. The number of nitrogens with zero attached hydrogens (tertiary/aromatic N) is 3. The van der Waals surface area contributed by atoms with Crippen LogP contribution in [0.3, 0.4) is 0 Å². The summed E-state index contributed by atoms with van der Waals surface area (Å²) in [5, 5.41) is 0. The quantitative estimate of drug-likeness (QED) is 0.212. The molecule has 7 rings (SSSR count). The van der Waals surface area contributed by atoms with E-state index in [1.807, 2.05) is 6.20 Å². The standard InChI is InChI=1S/C45H55N3O2/c1-28-16-17-37-35(20-28)44(9,10)36-21-29(2)39(26-38(36)48(37)40-25-32(18-19-46-40)42(3,4)5)50-34-23-30(22-33(24-34)43(6,7)8)41-47-45(11,27-49-41)31-14-12-13-15-31/h16-26,31H,12-15,27H2,1-11H3/t45-/m0/s1. The molecule has 1 aliphatic carbocycles. The van der Waals surface area contributed by atoms with Crippen LogP contribution in [0.2, 0.25) is 0 Å². The van der Waals surface area contributed by atoms with Gasteiger partial charge in [0, 0.05) is 23.2 Å². The van der Waals surface area contributed by atoms with Gasteiger partial charge in [0.2, 0.25) is 5.90 Å². The Morgan fingerprint density at radius 2 is 1.48 bits per heavy atom. The van der Waals surface area contributed by atoms with E-state index in [-0.39, 0.29) is 21.8 Å². The topological polar surface area (TPSA) is 47.0 Å². The number of hydrogen-bond donors (Lipinski definition) is 0. The van der Waals surface area contributed by atoms with Crippen molar-refractivity contribution in [2.75, 3.05) is 11.5 Å². The molecule has 1 fully saturated rings. The molecule has 0 radical (unpaired) electrons. The van der Waals surface area contributed by atoms with Crippen molar-refractivity contribution < 1.29 is 9.47 Å². The highest BCUT2D eigenvalue weighted by Crippen LogP contribution is 2.54. The number of hydrogen-bond acceptors (Lipinski definition) is 5. The summed E-state index contributed by atoms with van der Waals surface area (Å²) in [6.07, 6.45) is 7.00. The van der Waals surface area contributed by atoms with Crippen LogP contribution in [0.5, 0.6) is 11.5 Å². The second kappa shape index (κ2) is 12.0. The van der Waals surface area contributed by atoms with Crippen molar-refractivity contribution in [1.82, 2.24) is 4.98 Å². The summed E-state index contributed by atoms with van der Waals surface area (Å²) in [5.41, 5.74) is 10.1. The Kier molecular flexibility index (Phi) is 8.24. The van der Waals surface area contributed by atoms with Gasteiger partial charge in [0.15, 0.2) is 0 Å². The van der Waals surface area contributed by atoms with Crippen LogP contribution in [-0.2, 0) is 21.0 Å². The lowest BCUT2D eigenvalue weighted by molar-refractivity contribution is 0.207. The zero-order valence-corrected chi connectivity index (χ0v) is 32.1. The Bertz CT molecular complexity index is 1990.